The molecule has 3 heterocycles. The van der Waals surface area contributed by atoms with Gasteiger partial charge in [-0.2, -0.15) is 0 Å². The molecule has 0 aliphatic carbocycles. The van der Waals surface area contributed by atoms with Gasteiger partial charge in [-0.15, -0.1) is 11.3 Å². The van der Waals surface area contributed by atoms with Crippen LogP contribution in [0.1, 0.15) is 18.4 Å². The molecule has 0 spiro atoms. The van der Waals surface area contributed by atoms with Gasteiger partial charge < -0.3 is 5.32 Å². The summed E-state index contributed by atoms with van der Waals surface area (Å²) in [5, 5.41) is 6.52. The quantitative estimate of drug-likeness (QED) is 0.722. The molecule has 5 rings (SSSR count). The predicted octanol–water partition coefficient (Wildman–Crippen LogP) is 4.19. The van der Waals surface area contributed by atoms with E-state index in [1.165, 1.54) is 27.4 Å². The number of hydrogen-bond donors (Lipinski definition) is 1. The van der Waals surface area contributed by atoms with Crippen molar-refractivity contribution in [1.29, 1.82) is 0 Å². The number of thiophene rings is 1. The van der Waals surface area contributed by atoms with Crippen LogP contribution in [-0.4, -0.2) is 23.2 Å². The van der Waals surface area contributed by atoms with Crippen LogP contribution in [0.15, 0.2) is 58.8 Å². The van der Waals surface area contributed by atoms with E-state index in [2.05, 4.69) is 22.8 Å². The Morgan fingerprint density at radius 1 is 1.15 bits per heavy atom. The van der Waals surface area contributed by atoms with Gasteiger partial charge in [0.15, 0.2) is 4.87 Å². The van der Waals surface area contributed by atoms with Crippen molar-refractivity contribution in [1.82, 2.24) is 5.32 Å². The summed E-state index contributed by atoms with van der Waals surface area (Å²) in [7, 11) is 0. The molecule has 1 saturated heterocycles. The highest BCUT2D eigenvalue weighted by Crippen LogP contribution is 2.55. The molecule has 2 amide bonds. The Balaban J connectivity index is 1.33. The molecule has 4 nitrogen and oxygen atoms in total. The molecule has 2 aliphatic heterocycles. The third kappa shape index (κ3) is 2.58. The zero-order chi connectivity index (χ0) is 18.4. The van der Waals surface area contributed by atoms with Gasteiger partial charge in [0.2, 0.25) is 5.91 Å². The Labute approximate surface area is 165 Å². The van der Waals surface area contributed by atoms with E-state index < -0.39 is 4.87 Å². The van der Waals surface area contributed by atoms with Crippen molar-refractivity contribution in [2.75, 3.05) is 11.4 Å². The van der Waals surface area contributed by atoms with E-state index in [0.717, 1.165) is 17.0 Å². The lowest BCUT2D eigenvalue weighted by molar-refractivity contribution is -0.124. The highest BCUT2D eigenvalue weighted by Gasteiger charge is 2.57. The highest BCUT2D eigenvalue weighted by molar-refractivity contribution is 8.02. The number of nitrogens with zero attached hydrogens (tertiary/aromatic N) is 1. The van der Waals surface area contributed by atoms with Crippen molar-refractivity contribution in [2.24, 2.45) is 0 Å². The second-order valence-corrected chi connectivity index (χ2v) is 9.08. The van der Waals surface area contributed by atoms with E-state index >= 15 is 0 Å². The zero-order valence-electron chi connectivity index (χ0n) is 14.6. The van der Waals surface area contributed by atoms with Gasteiger partial charge >= 0.3 is 0 Å². The van der Waals surface area contributed by atoms with Crippen molar-refractivity contribution < 1.29 is 9.59 Å². The summed E-state index contributed by atoms with van der Waals surface area (Å²) < 4.78 is 1.27. The zero-order valence-corrected chi connectivity index (χ0v) is 16.2. The first-order valence-corrected chi connectivity index (χ1v) is 10.7. The smallest absolute Gasteiger partial charge is 0.257 e. The fraction of sp³-hybridized carbons (Fsp3) is 0.238. The van der Waals surface area contributed by atoms with Gasteiger partial charge in [-0.1, -0.05) is 42.1 Å². The summed E-state index contributed by atoms with van der Waals surface area (Å²) >= 11 is 3.25. The maximum absolute atomic E-state index is 13.1. The van der Waals surface area contributed by atoms with E-state index in [0.29, 0.717) is 19.4 Å². The number of carbonyl (C=O) groups excluding carboxylic acids is 2. The fourth-order valence-electron chi connectivity index (χ4n) is 3.97. The first-order valence-electron chi connectivity index (χ1n) is 9.03. The third-order valence-electron chi connectivity index (χ3n) is 5.27. The van der Waals surface area contributed by atoms with Crippen LogP contribution in [-0.2, 0) is 16.0 Å². The molecule has 0 saturated carbocycles. The number of rotatable bonds is 4. The summed E-state index contributed by atoms with van der Waals surface area (Å²) in [5.74, 6) is -0.0273. The number of thioether (sulfide) groups is 1. The van der Waals surface area contributed by atoms with Crippen LogP contribution in [0.3, 0.4) is 0 Å². The minimum Gasteiger partial charge on any atom is -0.353 e. The Hall–Kier alpha value is -2.31. The average Bonchev–Trinajstić information content (AvgIpc) is 3.34. The molecule has 1 N–H and O–H groups in total. The molecule has 1 unspecified atom stereocenters. The minimum absolute atomic E-state index is 0.0337. The number of para-hydroxylation sites is 1. The molecule has 0 bridgehead atoms. The number of hydrogen-bond acceptors (Lipinski definition) is 4. The fourth-order valence-corrected chi connectivity index (χ4v) is 6.41. The van der Waals surface area contributed by atoms with Gasteiger partial charge in [0.05, 0.1) is 5.69 Å². The van der Waals surface area contributed by atoms with Crippen molar-refractivity contribution in [3.63, 3.8) is 0 Å². The van der Waals surface area contributed by atoms with E-state index in [-0.39, 0.29) is 11.8 Å². The molecule has 1 fully saturated rings. The first kappa shape index (κ1) is 16.8. The van der Waals surface area contributed by atoms with Gasteiger partial charge in [-0.3, -0.25) is 14.5 Å². The van der Waals surface area contributed by atoms with Crippen LogP contribution in [0.2, 0.25) is 0 Å². The van der Waals surface area contributed by atoms with Crippen LogP contribution in [0.5, 0.6) is 0 Å². The van der Waals surface area contributed by atoms with Gasteiger partial charge in [0.25, 0.3) is 5.91 Å². The Morgan fingerprint density at radius 2 is 1.96 bits per heavy atom. The standard InChI is InChI=1S/C21H18N2O2S2/c24-19-9-11-21(23(19)16-6-2-4-8-18(16)27-21)20(25)22-12-10-14-13-26-17-7-3-1-5-15(14)17/h1-8,13H,9-12H2,(H,22,25). The Bertz CT molecular complexity index is 1060. The lowest BCUT2D eigenvalue weighted by Crippen LogP contribution is -2.52. The van der Waals surface area contributed by atoms with E-state index in [1.807, 2.05) is 36.4 Å². The maximum atomic E-state index is 13.1. The number of carbonyl (C=O) groups is 2. The molecule has 27 heavy (non-hydrogen) atoms. The summed E-state index contributed by atoms with van der Waals surface area (Å²) in [6.45, 7) is 0.570. The molecular formula is C21H18N2O2S2. The SMILES string of the molecule is O=C1CCC2(C(=O)NCCc3csc4ccccc34)Sc3ccccc3N12. The van der Waals surface area contributed by atoms with Crippen molar-refractivity contribution >= 4 is 50.7 Å². The molecule has 0 radical (unpaired) electrons. The first-order chi connectivity index (χ1) is 13.2. The number of nitrogens with one attached hydrogen (secondary N) is 1. The Morgan fingerprint density at radius 3 is 2.89 bits per heavy atom. The molecule has 1 atom stereocenters. The molecule has 136 valence electrons. The summed E-state index contributed by atoms with van der Waals surface area (Å²) in [4.78, 5) is 27.5. The number of amides is 2. The normalized spacial score (nSPS) is 20.7. The second kappa shape index (κ2) is 6.39. The average molecular weight is 395 g/mol. The third-order valence-corrected chi connectivity index (χ3v) is 7.76. The van der Waals surface area contributed by atoms with Gasteiger partial charge in [-0.05, 0) is 47.4 Å². The van der Waals surface area contributed by atoms with E-state index in [9.17, 15) is 9.59 Å². The van der Waals surface area contributed by atoms with Crippen molar-refractivity contribution in [3.8, 4) is 0 Å². The largest absolute Gasteiger partial charge is 0.353 e. The van der Waals surface area contributed by atoms with Crippen molar-refractivity contribution in [3.05, 3.63) is 59.5 Å². The van der Waals surface area contributed by atoms with Crippen LogP contribution >= 0.6 is 23.1 Å². The van der Waals surface area contributed by atoms with Crippen molar-refractivity contribution in [2.45, 2.75) is 29.0 Å². The topological polar surface area (TPSA) is 49.4 Å². The maximum Gasteiger partial charge on any atom is 0.257 e. The summed E-state index contributed by atoms with van der Waals surface area (Å²) in [6.07, 6.45) is 1.76. The minimum atomic E-state index is -0.822. The van der Waals surface area contributed by atoms with Crippen LogP contribution in [0.25, 0.3) is 10.1 Å². The van der Waals surface area contributed by atoms with E-state index in [1.54, 1.807) is 16.2 Å². The second-order valence-electron chi connectivity index (χ2n) is 6.85. The number of anilines is 1. The van der Waals surface area contributed by atoms with Gasteiger partial charge in [0.1, 0.15) is 0 Å². The lowest BCUT2D eigenvalue weighted by atomic mass is 10.1. The van der Waals surface area contributed by atoms with Gasteiger partial charge in [0, 0.05) is 22.6 Å². The van der Waals surface area contributed by atoms with Crippen LogP contribution < -0.4 is 10.2 Å². The highest BCUT2D eigenvalue weighted by atomic mass is 32.2. The van der Waals surface area contributed by atoms with Crippen LogP contribution in [0.4, 0.5) is 5.69 Å². The monoisotopic (exact) mass is 394 g/mol. The van der Waals surface area contributed by atoms with E-state index in [4.69, 9.17) is 0 Å². The molecule has 3 aromatic rings. The lowest BCUT2D eigenvalue weighted by Gasteiger charge is -2.29. The Kier molecular flexibility index (Phi) is 3.98. The molecule has 2 aromatic carbocycles. The summed E-state index contributed by atoms with van der Waals surface area (Å²) in [5.41, 5.74) is 2.12. The predicted molar refractivity (Wildman–Crippen MR) is 110 cm³/mol. The summed E-state index contributed by atoms with van der Waals surface area (Å²) in [6, 6.07) is 16.1. The number of fused-ring (bicyclic) bond motifs is 4. The van der Waals surface area contributed by atoms with Crippen LogP contribution in [0, 0.1) is 0 Å². The molecular weight excluding hydrogens is 376 g/mol. The van der Waals surface area contributed by atoms with Gasteiger partial charge in [-0.25, -0.2) is 0 Å². The molecule has 2 aliphatic rings. The molecule has 6 heteroatoms. The number of benzene rings is 2. The molecule has 1 aromatic heterocycles.